The summed E-state index contributed by atoms with van der Waals surface area (Å²) >= 11 is 4.23. The third-order valence-corrected chi connectivity index (χ3v) is 4.19. The van der Waals surface area contributed by atoms with Gasteiger partial charge in [-0.05, 0) is 45.6 Å². The molecule has 7 heteroatoms. The zero-order valence-corrected chi connectivity index (χ0v) is 11.5. The summed E-state index contributed by atoms with van der Waals surface area (Å²) in [6, 6.07) is 3.84. The van der Waals surface area contributed by atoms with Crippen molar-refractivity contribution in [3.05, 3.63) is 55.9 Å². The summed E-state index contributed by atoms with van der Waals surface area (Å²) in [5.74, 6) is -1.97. The van der Waals surface area contributed by atoms with Crippen LogP contribution in [0, 0.1) is 5.82 Å². The fourth-order valence-electron chi connectivity index (χ4n) is 1.47. The van der Waals surface area contributed by atoms with E-state index in [1.54, 1.807) is 11.4 Å². The summed E-state index contributed by atoms with van der Waals surface area (Å²) in [4.78, 5) is 12.3. The van der Waals surface area contributed by atoms with Crippen molar-refractivity contribution in [3.8, 4) is 0 Å². The second kappa shape index (κ2) is 5.05. The molecule has 1 nitrogen and oxygen atoms in total. The number of benzene rings is 1. The molecule has 0 bridgehead atoms. The molecule has 100 valence electrons. The van der Waals surface area contributed by atoms with E-state index in [0.29, 0.717) is 16.6 Å². The molecule has 0 N–H and O–H groups in total. The summed E-state index contributed by atoms with van der Waals surface area (Å²) in [6.45, 7) is 0. The molecule has 0 aliphatic heterocycles. The van der Waals surface area contributed by atoms with Gasteiger partial charge in [0.15, 0.2) is 0 Å². The van der Waals surface area contributed by atoms with Crippen molar-refractivity contribution in [2.45, 2.75) is 6.18 Å². The zero-order chi connectivity index (χ0) is 14.2. The molecule has 19 heavy (non-hydrogen) atoms. The number of carbonyl (C=O) groups is 1. The Morgan fingerprint density at radius 1 is 1.21 bits per heavy atom. The van der Waals surface area contributed by atoms with Crippen LogP contribution >= 0.6 is 27.3 Å². The van der Waals surface area contributed by atoms with Gasteiger partial charge in [-0.1, -0.05) is 0 Å². The number of rotatable bonds is 2. The first-order valence-corrected chi connectivity index (χ1v) is 6.62. The molecule has 2 aromatic rings. The maximum absolute atomic E-state index is 13.1. The lowest BCUT2D eigenvalue weighted by atomic mass is 10.1. The van der Waals surface area contributed by atoms with Crippen molar-refractivity contribution in [1.82, 2.24) is 0 Å². The predicted octanol–water partition coefficient (Wildman–Crippen LogP) is 4.90. The number of hydrogen-bond donors (Lipinski definition) is 0. The molecule has 1 aromatic carbocycles. The lowest BCUT2D eigenvalue weighted by Crippen LogP contribution is -2.10. The highest BCUT2D eigenvalue weighted by molar-refractivity contribution is 9.10. The Bertz CT molecular complexity index is 633. The Morgan fingerprint density at radius 2 is 1.89 bits per heavy atom. The van der Waals surface area contributed by atoms with Gasteiger partial charge in [-0.15, -0.1) is 11.3 Å². The second-order valence-corrected chi connectivity index (χ2v) is 5.39. The van der Waals surface area contributed by atoms with Gasteiger partial charge < -0.3 is 0 Å². The molecule has 0 radical (unpaired) electrons. The van der Waals surface area contributed by atoms with Crippen LogP contribution in [0.25, 0.3) is 0 Å². The molecule has 0 aliphatic rings. The summed E-state index contributed by atoms with van der Waals surface area (Å²) < 4.78 is 51.3. The van der Waals surface area contributed by atoms with E-state index in [1.807, 2.05) is 0 Å². The Balaban J connectivity index is 2.48. The number of hydrogen-bond acceptors (Lipinski definition) is 2. The molecule has 0 amide bonds. The van der Waals surface area contributed by atoms with Crippen LogP contribution in [0.15, 0.2) is 34.1 Å². The van der Waals surface area contributed by atoms with Gasteiger partial charge in [-0.3, -0.25) is 4.79 Å². The van der Waals surface area contributed by atoms with Gasteiger partial charge in [0.25, 0.3) is 0 Å². The van der Waals surface area contributed by atoms with Gasteiger partial charge in [-0.2, -0.15) is 13.2 Å². The van der Waals surface area contributed by atoms with Gasteiger partial charge >= 0.3 is 6.18 Å². The Morgan fingerprint density at radius 3 is 2.42 bits per heavy atom. The molecule has 0 fully saturated rings. The van der Waals surface area contributed by atoms with Crippen molar-refractivity contribution < 1.29 is 22.4 Å². The van der Waals surface area contributed by atoms with E-state index in [-0.39, 0.29) is 10.4 Å². The quantitative estimate of drug-likeness (QED) is 0.555. The number of ketones is 1. The smallest absolute Gasteiger partial charge is 0.288 e. The molecular formula is C12H5BrF4OS. The van der Waals surface area contributed by atoms with Crippen molar-refractivity contribution in [3.63, 3.8) is 0 Å². The van der Waals surface area contributed by atoms with Crippen molar-refractivity contribution in [2.24, 2.45) is 0 Å². The monoisotopic (exact) mass is 352 g/mol. The van der Waals surface area contributed by atoms with E-state index in [4.69, 9.17) is 0 Å². The largest absolute Gasteiger partial charge is 0.419 e. The number of alkyl halides is 3. The van der Waals surface area contributed by atoms with Crippen molar-refractivity contribution >= 4 is 33.0 Å². The van der Waals surface area contributed by atoms with Crippen molar-refractivity contribution in [1.29, 1.82) is 0 Å². The highest BCUT2D eigenvalue weighted by atomic mass is 79.9. The third-order valence-electron chi connectivity index (χ3n) is 2.36. The van der Waals surface area contributed by atoms with E-state index in [0.717, 1.165) is 17.4 Å². The molecule has 0 aliphatic carbocycles. The minimum atomic E-state index is -4.83. The first-order chi connectivity index (χ1) is 8.80. The van der Waals surface area contributed by atoms with Crippen LogP contribution < -0.4 is 0 Å². The predicted molar refractivity (Wildman–Crippen MR) is 66.9 cm³/mol. The first kappa shape index (κ1) is 14.2. The fourth-order valence-corrected chi connectivity index (χ4v) is 2.98. The molecule has 0 spiro atoms. The van der Waals surface area contributed by atoms with Crippen LogP contribution in [0.4, 0.5) is 17.6 Å². The summed E-state index contributed by atoms with van der Waals surface area (Å²) in [5, 5.41) is 1.63. The minimum absolute atomic E-state index is 0.197. The summed E-state index contributed by atoms with van der Waals surface area (Å²) in [5.41, 5.74) is -1.64. The van der Waals surface area contributed by atoms with E-state index >= 15 is 0 Å². The molecule has 0 saturated heterocycles. The second-order valence-electron chi connectivity index (χ2n) is 3.62. The van der Waals surface area contributed by atoms with E-state index in [9.17, 15) is 22.4 Å². The zero-order valence-electron chi connectivity index (χ0n) is 9.09. The highest BCUT2D eigenvalue weighted by Crippen LogP contribution is 2.33. The molecule has 0 unspecified atom stereocenters. The molecule has 1 heterocycles. The number of halogens is 5. The normalized spacial score (nSPS) is 11.6. The SMILES string of the molecule is O=C(c1ccc(F)c(C(F)(F)F)c1)c1sccc1Br. The van der Waals surface area contributed by atoms with Gasteiger partial charge in [0.1, 0.15) is 5.82 Å². The lowest BCUT2D eigenvalue weighted by molar-refractivity contribution is -0.140. The number of carbonyl (C=O) groups excluding carboxylic acids is 1. The van der Waals surface area contributed by atoms with Crippen LogP contribution in [-0.2, 0) is 6.18 Å². The average molecular weight is 353 g/mol. The lowest BCUT2D eigenvalue weighted by Gasteiger charge is -2.09. The molecule has 0 saturated carbocycles. The van der Waals surface area contributed by atoms with E-state index < -0.39 is 23.3 Å². The van der Waals surface area contributed by atoms with Crippen LogP contribution in [0.1, 0.15) is 20.8 Å². The van der Waals surface area contributed by atoms with Crippen molar-refractivity contribution in [2.75, 3.05) is 0 Å². The Hall–Kier alpha value is -1.21. The van der Waals surface area contributed by atoms with Gasteiger partial charge in [-0.25, -0.2) is 4.39 Å². The third kappa shape index (κ3) is 2.87. The molecular weight excluding hydrogens is 348 g/mol. The fraction of sp³-hybridized carbons (Fsp3) is 0.0833. The van der Waals surface area contributed by atoms with E-state index in [1.165, 1.54) is 0 Å². The van der Waals surface area contributed by atoms with Gasteiger partial charge in [0.05, 0.1) is 10.4 Å². The molecule has 1 aromatic heterocycles. The number of thiophene rings is 1. The standard InChI is InChI=1S/C12H5BrF4OS/c13-8-3-4-19-11(8)10(18)6-1-2-9(14)7(5-6)12(15,16)17/h1-5H. The minimum Gasteiger partial charge on any atom is -0.288 e. The molecule has 0 atom stereocenters. The Kier molecular flexibility index (Phi) is 3.78. The van der Waals surface area contributed by atoms with Crippen LogP contribution in [-0.4, -0.2) is 5.78 Å². The topological polar surface area (TPSA) is 17.1 Å². The van der Waals surface area contributed by atoms with Gasteiger partial charge in [0.2, 0.25) is 5.78 Å². The van der Waals surface area contributed by atoms with E-state index in [2.05, 4.69) is 15.9 Å². The summed E-state index contributed by atoms with van der Waals surface area (Å²) in [6.07, 6.45) is -4.83. The summed E-state index contributed by atoms with van der Waals surface area (Å²) in [7, 11) is 0. The Labute approximate surface area is 118 Å². The van der Waals surface area contributed by atoms with Crippen LogP contribution in [0.3, 0.4) is 0 Å². The highest BCUT2D eigenvalue weighted by Gasteiger charge is 2.34. The first-order valence-electron chi connectivity index (χ1n) is 4.95. The maximum atomic E-state index is 13.1. The average Bonchev–Trinajstić information content (AvgIpc) is 2.73. The van der Waals surface area contributed by atoms with Crippen LogP contribution in [0.5, 0.6) is 0 Å². The molecule has 2 rings (SSSR count). The van der Waals surface area contributed by atoms with Crippen LogP contribution in [0.2, 0.25) is 0 Å². The van der Waals surface area contributed by atoms with Gasteiger partial charge in [0, 0.05) is 10.0 Å². The maximum Gasteiger partial charge on any atom is 0.419 e.